The second-order valence-corrected chi connectivity index (χ2v) is 7.28. The minimum Gasteiger partial charge on any atom is -0.497 e. The first kappa shape index (κ1) is 18.7. The molecular formula is C21H23ClFNO2. The molecule has 1 aliphatic rings. The number of anilines is 1. The summed E-state index contributed by atoms with van der Waals surface area (Å²) in [5.74, 6) is 1.18. The fourth-order valence-electron chi connectivity index (χ4n) is 3.64. The van der Waals surface area contributed by atoms with Crippen molar-refractivity contribution in [1.82, 2.24) is 0 Å². The number of methoxy groups -OCH3 is 1. The van der Waals surface area contributed by atoms with Gasteiger partial charge in [-0.3, -0.25) is 4.79 Å². The van der Waals surface area contributed by atoms with E-state index >= 15 is 0 Å². The predicted molar refractivity (Wildman–Crippen MR) is 102 cm³/mol. The molecule has 0 radical (unpaired) electrons. The van der Waals surface area contributed by atoms with Crippen LogP contribution in [0, 0.1) is 11.7 Å². The molecule has 1 aliphatic carbocycles. The average molecular weight is 376 g/mol. The van der Waals surface area contributed by atoms with Crippen molar-refractivity contribution in [2.45, 2.75) is 38.0 Å². The van der Waals surface area contributed by atoms with E-state index in [1.54, 1.807) is 13.2 Å². The number of rotatable bonds is 5. The first-order valence-electron chi connectivity index (χ1n) is 8.94. The summed E-state index contributed by atoms with van der Waals surface area (Å²) in [4.78, 5) is 12.2. The SMILES string of the molecule is COc1cccc([C@H]2CC[C@H](CC(=O)Nc3ccc(Cl)c(F)c3)CC2)c1. The van der Waals surface area contributed by atoms with E-state index in [4.69, 9.17) is 16.3 Å². The normalized spacial score (nSPS) is 19.8. The minimum atomic E-state index is -0.525. The maximum Gasteiger partial charge on any atom is 0.224 e. The molecule has 26 heavy (non-hydrogen) atoms. The molecule has 3 nitrogen and oxygen atoms in total. The third-order valence-electron chi connectivity index (χ3n) is 5.09. The van der Waals surface area contributed by atoms with Gasteiger partial charge in [0.2, 0.25) is 5.91 Å². The van der Waals surface area contributed by atoms with Crippen molar-refractivity contribution in [2.75, 3.05) is 12.4 Å². The number of carbonyl (C=O) groups excluding carboxylic acids is 1. The summed E-state index contributed by atoms with van der Waals surface area (Å²) in [6.07, 6.45) is 4.64. The molecule has 1 fully saturated rings. The molecule has 1 amide bonds. The van der Waals surface area contributed by atoms with E-state index < -0.39 is 5.82 Å². The maximum absolute atomic E-state index is 13.5. The molecule has 0 aliphatic heterocycles. The second-order valence-electron chi connectivity index (χ2n) is 6.88. The molecule has 2 aromatic rings. The van der Waals surface area contributed by atoms with Gasteiger partial charge in [0.15, 0.2) is 0 Å². The van der Waals surface area contributed by atoms with Crippen molar-refractivity contribution in [3.05, 3.63) is 58.9 Å². The van der Waals surface area contributed by atoms with Crippen LogP contribution in [-0.2, 0) is 4.79 Å². The Morgan fingerprint density at radius 1 is 1.19 bits per heavy atom. The molecule has 0 unspecified atom stereocenters. The molecule has 0 heterocycles. The van der Waals surface area contributed by atoms with Crippen molar-refractivity contribution in [2.24, 2.45) is 5.92 Å². The number of nitrogens with one attached hydrogen (secondary N) is 1. The highest BCUT2D eigenvalue weighted by Crippen LogP contribution is 2.38. The van der Waals surface area contributed by atoms with Crippen LogP contribution in [0.25, 0.3) is 0 Å². The van der Waals surface area contributed by atoms with Gasteiger partial charge in [0.1, 0.15) is 11.6 Å². The van der Waals surface area contributed by atoms with Gasteiger partial charge in [-0.25, -0.2) is 4.39 Å². The Morgan fingerprint density at radius 2 is 1.96 bits per heavy atom. The van der Waals surface area contributed by atoms with Gasteiger partial charge >= 0.3 is 0 Å². The van der Waals surface area contributed by atoms with Gasteiger partial charge in [0.25, 0.3) is 0 Å². The van der Waals surface area contributed by atoms with E-state index in [9.17, 15) is 9.18 Å². The lowest BCUT2D eigenvalue weighted by molar-refractivity contribution is -0.117. The standard InChI is InChI=1S/C21H23ClFNO2/c1-26-18-4-2-3-16(12-18)15-7-5-14(6-8-15)11-21(25)24-17-9-10-19(22)20(23)13-17/h2-4,9-10,12-15H,5-8,11H2,1H3,(H,24,25)/t14-,15-. The molecule has 0 aromatic heterocycles. The molecule has 5 heteroatoms. The summed E-state index contributed by atoms with van der Waals surface area (Å²) in [7, 11) is 1.68. The highest BCUT2D eigenvalue weighted by Gasteiger charge is 2.24. The van der Waals surface area contributed by atoms with Crippen LogP contribution in [0.4, 0.5) is 10.1 Å². The van der Waals surface area contributed by atoms with Gasteiger partial charge in [0, 0.05) is 12.1 Å². The molecule has 1 N–H and O–H groups in total. The van der Waals surface area contributed by atoms with E-state index in [1.165, 1.54) is 17.7 Å². The number of hydrogen-bond donors (Lipinski definition) is 1. The molecule has 1 saturated carbocycles. The number of hydrogen-bond acceptors (Lipinski definition) is 2. The zero-order chi connectivity index (χ0) is 18.5. The Hall–Kier alpha value is -2.07. The van der Waals surface area contributed by atoms with E-state index in [1.807, 2.05) is 12.1 Å². The van der Waals surface area contributed by atoms with Crippen LogP contribution in [0.1, 0.15) is 43.6 Å². The first-order chi connectivity index (χ1) is 12.5. The summed E-state index contributed by atoms with van der Waals surface area (Å²) in [6.45, 7) is 0. The van der Waals surface area contributed by atoms with Crippen LogP contribution in [0.15, 0.2) is 42.5 Å². The predicted octanol–water partition coefficient (Wildman–Crippen LogP) is 5.79. The van der Waals surface area contributed by atoms with Crippen LogP contribution in [0.3, 0.4) is 0 Å². The van der Waals surface area contributed by atoms with Gasteiger partial charge in [-0.15, -0.1) is 0 Å². The van der Waals surface area contributed by atoms with Gasteiger partial charge in [-0.1, -0.05) is 23.7 Å². The van der Waals surface area contributed by atoms with E-state index in [0.717, 1.165) is 31.4 Å². The van der Waals surface area contributed by atoms with E-state index in [-0.39, 0.29) is 10.9 Å². The van der Waals surface area contributed by atoms with E-state index in [2.05, 4.69) is 17.4 Å². The largest absolute Gasteiger partial charge is 0.497 e. The Morgan fingerprint density at radius 3 is 2.65 bits per heavy atom. The fourth-order valence-corrected chi connectivity index (χ4v) is 3.76. The summed E-state index contributed by atoms with van der Waals surface area (Å²) >= 11 is 5.66. The van der Waals surface area contributed by atoms with Gasteiger partial charge in [-0.2, -0.15) is 0 Å². The molecule has 3 rings (SSSR count). The van der Waals surface area contributed by atoms with Crippen LogP contribution in [-0.4, -0.2) is 13.0 Å². The van der Waals surface area contributed by atoms with Gasteiger partial charge < -0.3 is 10.1 Å². The van der Waals surface area contributed by atoms with Gasteiger partial charge in [-0.05, 0) is 73.4 Å². The van der Waals surface area contributed by atoms with Crippen molar-refractivity contribution >= 4 is 23.2 Å². The van der Waals surface area contributed by atoms with Crippen molar-refractivity contribution < 1.29 is 13.9 Å². The number of benzene rings is 2. The lowest BCUT2D eigenvalue weighted by Crippen LogP contribution is -2.20. The minimum absolute atomic E-state index is 0.0545. The van der Waals surface area contributed by atoms with Crippen molar-refractivity contribution in [1.29, 1.82) is 0 Å². The Balaban J connectivity index is 1.50. The fraction of sp³-hybridized carbons (Fsp3) is 0.381. The molecule has 2 aromatic carbocycles. The highest BCUT2D eigenvalue weighted by atomic mass is 35.5. The quantitative estimate of drug-likeness (QED) is 0.718. The monoisotopic (exact) mass is 375 g/mol. The lowest BCUT2D eigenvalue weighted by Gasteiger charge is -2.28. The smallest absolute Gasteiger partial charge is 0.224 e. The number of halogens is 2. The van der Waals surface area contributed by atoms with Gasteiger partial charge in [0.05, 0.1) is 12.1 Å². The maximum atomic E-state index is 13.5. The zero-order valence-corrected chi connectivity index (χ0v) is 15.6. The van der Waals surface area contributed by atoms with Crippen molar-refractivity contribution in [3.8, 4) is 5.75 Å². The van der Waals surface area contributed by atoms with Crippen molar-refractivity contribution in [3.63, 3.8) is 0 Å². The number of ether oxygens (including phenoxy) is 1. The third kappa shape index (κ3) is 4.76. The van der Waals surface area contributed by atoms with Crippen LogP contribution < -0.4 is 10.1 Å². The second kappa shape index (κ2) is 8.54. The lowest BCUT2D eigenvalue weighted by atomic mass is 9.77. The zero-order valence-electron chi connectivity index (χ0n) is 14.8. The Kier molecular flexibility index (Phi) is 6.15. The summed E-state index contributed by atoms with van der Waals surface area (Å²) in [5, 5.41) is 2.82. The third-order valence-corrected chi connectivity index (χ3v) is 5.40. The molecule has 0 spiro atoms. The summed E-state index contributed by atoms with van der Waals surface area (Å²) in [5.41, 5.74) is 1.76. The molecule has 0 saturated heterocycles. The molecule has 0 bridgehead atoms. The first-order valence-corrected chi connectivity index (χ1v) is 9.32. The molecule has 0 atom stereocenters. The number of amides is 1. The van der Waals surface area contributed by atoms with Crippen LogP contribution >= 0.6 is 11.6 Å². The van der Waals surface area contributed by atoms with Crippen LogP contribution in [0.5, 0.6) is 5.75 Å². The molecular weight excluding hydrogens is 353 g/mol. The highest BCUT2D eigenvalue weighted by molar-refractivity contribution is 6.30. The van der Waals surface area contributed by atoms with E-state index in [0.29, 0.717) is 23.9 Å². The number of carbonyl (C=O) groups is 1. The molecule has 138 valence electrons. The topological polar surface area (TPSA) is 38.3 Å². The summed E-state index contributed by atoms with van der Waals surface area (Å²) < 4.78 is 18.8. The summed E-state index contributed by atoms with van der Waals surface area (Å²) in [6, 6.07) is 12.6. The van der Waals surface area contributed by atoms with Crippen LogP contribution in [0.2, 0.25) is 5.02 Å². The average Bonchev–Trinajstić information content (AvgIpc) is 2.65. The Bertz CT molecular complexity index is 772. The Labute approximate surface area is 158 Å².